The summed E-state index contributed by atoms with van der Waals surface area (Å²) >= 11 is 0. The van der Waals surface area contributed by atoms with Crippen LogP contribution in [0.3, 0.4) is 0 Å². The Morgan fingerprint density at radius 2 is 2.07 bits per heavy atom. The standard InChI is InChI=1S/C12H16O3/c1-3-15-11(13)8-10-7-5-4-6-9(2)12(10)14/h4-7,9-10H,3,8H2,1-2H3/t9-,10-/m0/s1. The lowest BCUT2D eigenvalue weighted by atomic mass is 9.92. The van der Waals surface area contributed by atoms with Crippen LogP contribution in [0.4, 0.5) is 0 Å². The maximum Gasteiger partial charge on any atom is 0.306 e. The van der Waals surface area contributed by atoms with E-state index >= 15 is 0 Å². The number of esters is 1. The molecule has 3 heteroatoms. The summed E-state index contributed by atoms with van der Waals surface area (Å²) < 4.78 is 4.82. The lowest BCUT2D eigenvalue weighted by molar-refractivity contribution is -0.145. The first kappa shape index (κ1) is 11.7. The van der Waals surface area contributed by atoms with Crippen molar-refractivity contribution >= 4 is 11.8 Å². The molecule has 1 rings (SSSR count). The molecule has 0 bridgehead atoms. The summed E-state index contributed by atoms with van der Waals surface area (Å²) in [6, 6.07) is 0. The van der Waals surface area contributed by atoms with Crippen LogP contribution in [0.25, 0.3) is 0 Å². The predicted octanol–water partition coefficient (Wildman–Crippen LogP) is 1.89. The second-order valence-corrected chi connectivity index (χ2v) is 3.58. The van der Waals surface area contributed by atoms with Gasteiger partial charge in [0.15, 0.2) is 0 Å². The summed E-state index contributed by atoms with van der Waals surface area (Å²) in [5, 5.41) is 0. The topological polar surface area (TPSA) is 43.4 Å². The molecule has 0 heterocycles. The van der Waals surface area contributed by atoms with E-state index in [1.165, 1.54) is 0 Å². The van der Waals surface area contributed by atoms with Crippen molar-refractivity contribution in [3.05, 3.63) is 24.3 Å². The maximum absolute atomic E-state index is 11.8. The van der Waals surface area contributed by atoms with E-state index < -0.39 is 0 Å². The third-order valence-corrected chi connectivity index (χ3v) is 2.36. The molecule has 0 spiro atoms. The minimum absolute atomic E-state index is 0.0769. The highest BCUT2D eigenvalue weighted by atomic mass is 16.5. The fraction of sp³-hybridized carbons (Fsp3) is 0.500. The van der Waals surface area contributed by atoms with E-state index in [0.717, 1.165) is 0 Å². The van der Waals surface area contributed by atoms with Gasteiger partial charge < -0.3 is 4.74 Å². The van der Waals surface area contributed by atoms with Gasteiger partial charge in [-0.05, 0) is 6.92 Å². The third-order valence-electron chi connectivity index (χ3n) is 2.36. The van der Waals surface area contributed by atoms with Crippen LogP contribution in [-0.4, -0.2) is 18.4 Å². The number of Topliss-reactive ketones (excluding diaryl/α,β-unsaturated/α-hetero) is 1. The number of allylic oxidation sites excluding steroid dienone is 4. The van der Waals surface area contributed by atoms with Crippen LogP contribution >= 0.6 is 0 Å². The fourth-order valence-corrected chi connectivity index (χ4v) is 1.52. The molecule has 0 aromatic heterocycles. The van der Waals surface area contributed by atoms with Crippen molar-refractivity contribution < 1.29 is 14.3 Å². The Morgan fingerprint density at radius 1 is 1.40 bits per heavy atom. The smallest absolute Gasteiger partial charge is 0.306 e. The highest BCUT2D eigenvalue weighted by molar-refractivity contribution is 5.90. The Balaban J connectivity index is 2.61. The van der Waals surface area contributed by atoms with Crippen molar-refractivity contribution in [3.8, 4) is 0 Å². The Morgan fingerprint density at radius 3 is 2.73 bits per heavy atom. The van der Waals surface area contributed by atoms with Crippen LogP contribution in [-0.2, 0) is 14.3 Å². The molecule has 0 unspecified atom stereocenters. The van der Waals surface area contributed by atoms with Crippen molar-refractivity contribution in [3.63, 3.8) is 0 Å². The summed E-state index contributed by atoms with van der Waals surface area (Å²) in [4.78, 5) is 23.0. The molecular weight excluding hydrogens is 192 g/mol. The van der Waals surface area contributed by atoms with Crippen LogP contribution in [0.1, 0.15) is 20.3 Å². The van der Waals surface area contributed by atoms with Gasteiger partial charge in [-0.2, -0.15) is 0 Å². The number of carbonyl (C=O) groups excluding carboxylic acids is 2. The molecule has 0 amide bonds. The Bertz CT molecular complexity index is 302. The first-order valence-electron chi connectivity index (χ1n) is 5.19. The van der Waals surface area contributed by atoms with Crippen molar-refractivity contribution in [1.29, 1.82) is 0 Å². The van der Waals surface area contributed by atoms with Gasteiger partial charge in [0.25, 0.3) is 0 Å². The van der Waals surface area contributed by atoms with Crippen LogP contribution in [0.2, 0.25) is 0 Å². The molecular formula is C12H16O3. The molecule has 0 aliphatic heterocycles. The molecule has 0 N–H and O–H groups in total. The molecule has 0 fully saturated rings. The van der Waals surface area contributed by atoms with Crippen molar-refractivity contribution in [2.45, 2.75) is 20.3 Å². The predicted molar refractivity (Wildman–Crippen MR) is 57.2 cm³/mol. The average Bonchev–Trinajstić information content (AvgIpc) is 2.34. The van der Waals surface area contributed by atoms with Gasteiger partial charge >= 0.3 is 5.97 Å². The SMILES string of the molecule is CCOC(=O)C[C@@H]1C=CC=C[C@H](C)C1=O. The summed E-state index contributed by atoms with van der Waals surface area (Å²) in [6.45, 7) is 3.95. The second kappa shape index (κ2) is 5.49. The number of hydrogen-bond donors (Lipinski definition) is 0. The van der Waals surface area contributed by atoms with Crippen LogP contribution in [0.5, 0.6) is 0 Å². The van der Waals surface area contributed by atoms with Gasteiger partial charge in [0, 0.05) is 11.8 Å². The lowest BCUT2D eigenvalue weighted by Gasteiger charge is -2.12. The molecule has 0 saturated heterocycles. The zero-order chi connectivity index (χ0) is 11.3. The van der Waals surface area contributed by atoms with Gasteiger partial charge in [0.05, 0.1) is 13.0 Å². The lowest BCUT2D eigenvalue weighted by Crippen LogP contribution is -2.22. The zero-order valence-electron chi connectivity index (χ0n) is 9.10. The highest BCUT2D eigenvalue weighted by Crippen LogP contribution is 2.18. The highest BCUT2D eigenvalue weighted by Gasteiger charge is 2.24. The van der Waals surface area contributed by atoms with E-state index in [1.807, 2.05) is 25.2 Å². The Kier molecular flexibility index (Phi) is 4.28. The minimum Gasteiger partial charge on any atom is -0.466 e. The monoisotopic (exact) mass is 208 g/mol. The zero-order valence-corrected chi connectivity index (χ0v) is 9.10. The van der Waals surface area contributed by atoms with Gasteiger partial charge in [0.2, 0.25) is 0 Å². The van der Waals surface area contributed by atoms with E-state index in [9.17, 15) is 9.59 Å². The normalized spacial score (nSPS) is 25.1. The van der Waals surface area contributed by atoms with Crippen molar-refractivity contribution in [2.24, 2.45) is 11.8 Å². The molecule has 0 aromatic carbocycles. The largest absolute Gasteiger partial charge is 0.466 e. The fourth-order valence-electron chi connectivity index (χ4n) is 1.52. The molecule has 0 saturated carbocycles. The molecule has 0 radical (unpaired) electrons. The Labute approximate surface area is 89.8 Å². The number of rotatable bonds is 3. The quantitative estimate of drug-likeness (QED) is 0.665. The van der Waals surface area contributed by atoms with Crippen LogP contribution in [0, 0.1) is 11.8 Å². The van der Waals surface area contributed by atoms with Gasteiger partial charge in [-0.25, -0.2) is 0 Å². The average molecular weight is 208 g/mol. The summed E-state index contributed by atoms with van der Waals surface area (Å²) in [7, 11) is 0. The molecule has 15 heavy (non-hydrogen) atoms. The summed E-state index contributed by atoms with van der Waals surface area (Å²) in [5.41, 5.74) is 0. The third kappa shape index (κ3) is 3.35. The van der Waals surface area contributed by atoms with Gasteiger partial charge in [-0.15, -0.1) is 0 Å². The van der Waals surface area contributed by atoms with Crippen molar-refractivity contribution in [1.82, 2.24) is 0 Å². The number of carbonyl (C=O) groups is 2. The molecule has 82 valence electrons. The van der Waals surface area contributed by atoms with Crippen molar-refractivity contribution in [2.75, 3.05) is 6.61 Å². The molecule has 3 nitrogen and oxygen atoms in total. The molecule has 1 aliphatic carbocycles. The van der Waals surface area contributed by atoms with E-state index in [-0.39, 0.29) is 30.0 Å². The van der Waals surface area contributed by atoms with Gasteiger partial charge in [-0.1, -0.05) is 31.2 Å². The van der Waals surface area contributed by atoms with E-state index in [2.05, 4.69) is 0 Å². The maximum atomic E-state index is 11.8. The number of hydrogen-bond acceptors (Lipinski definition) is 3. The first-order chi connectivity index (χ1) is 7.15. The van der Waals surface area contributed by atoms with E-state index in [1.54, 1.807) is 13.0 Å². The summed E-state index contributed by atoms with van der Waals surface area (Å²) in [6.07, 6.45) is 7.40. The van der Waals surface area contributed by atoms with Crippen LogP contribution < -0.4 is 0 Å². The van der Waals surface area contributed by atoms with Crippen LogP contribution in [0.15, 0.2) is 24.3 Å². The van der Waals surface area contributed by atoms with E-state index in [4.69, 9.17) is 4.74 Å². The first-order valence-corrected chi connectivity index (χ1v) is 5.19. The molecule has 0 aromatic rings. The number of ketones is 1. The minimum atomic E-state index is -0.339. The molecule has 2 atom stereocenters. The van der Waals surface area contributed by atoms with Gasteiger partial charge in [0.1, 0.15) is 5.78 Å². The summed E-state index contributed by atoms with van der Waals surface area (Å²) in [5.74, 6) is -0.698. The van der Waals surface area contributed by atoms with E-state index in [0.29, 0.717) is 6.61 Å². The molecule has 1 aliphatic rings. The second-order valence-electron chi connectivity index (χ2n) is 3.58. The Hall–Kier alpha value is -1.38. The number of ether oxygens (including phenoxy) is 1. The van der Waals surface area contributed by atoms with Gasteiger partial charge in [-0.3, -0.25) is 9.59 Å².